The Balaban J connectivity index is 1.33. The summed E-state index contributed by atoms with van der Waals surface area (Å²) in [4.78, 5) is 16.9. The molecular weight excluding hydrogens is 382 g/mol. The van der Waals surface area contributed by atoms with Gasteiger partial charge in [0.05, 0.1) is 26.5 Å². The molecule has 0 radical (unpaired) electrons. The summed E-state index contributed by atoms with van der Waals surface area (Å²) in [6.45, 7) is 5.22. The van der Waals surface area contributed by atoms with E-state index in [-0.39, 0.29) is 5.91 Å². The summed E-state index contributed by atoms with van der Waals surface area (Å²) in [7, 11) is 1.71. The lowest BCUT2D eigenvalue weighted by molar-refractivity contribution is 0.0299. The molecule has 1 unspecified atom stereocenters. The SMILES string of the molecule is COc1cccc(CN2CCCCC2CCn2cc(C(=O)N3CCOCC3)nn2)c1. The fourth-order valence-corrected chi connectivity index (χ4v) is 4.32. The number of ether oxygens (including phenoxy) is 2. The number of amides is 1. The summed E-state index contributed by atoms with van der Waals surface area (Å²) in [5.74, 6) is 0.850. The van der Waals surface area contributed by atoms with Crippen LogP contribution in [0.15, 0.2) is 30.5 Å². The Bertz CT molecular complexity index is 834. The molecule has 4 rings (SSSR count). The van der Waals surface area contributed by atoms with Crippen LogP contribution in [0.25, 0.3) is 0 Å². The molecule has 8 nitrogen and oxygen atoms in total. The van der Waals surface area contributed by atoms with Crippen LogP contribution in [0.2, 0.25) is 0 Å². The Kier molecular flexibility index (Phi) is 6.96. The Labute approximate surface area is 177 Å². The number of aromatic nitrogens is 3. The van der Waals surface area contributed by atoms with Crippen molar-refractivity contribution in [2.24, 2.45) is 0 Å². The minimum atomic E-state index is -0.0538. The van der Waals surface area contributed by atoms with Crippen molar-refractivity contribution in [3.05, 3.63) is 41.7 Å². The highest BCUT2D eigenvalue weighted by atomic mass is 16.5. The molecule has 2 fully saturated rings. The number of methoxy groups -OCH3 is 1. The molecule has 0 aliphatic carbocycles. The van der Waals surface area contributed by atoms with E-state index < -0.39 is 0 Å². The molecule has 30 heavy (non-hydrogen) atoms. The van der Waals surface area contributed by atoms with Crippen LogP contribution in [0.4, 0.5) is 0 Å². The number of rotatable bonds is 7. The van der Waals surface area contributed by atoms with Crippen LogP contribution in [-0.2, 0) is 17.8 Å². The number of benzene rings is 1. The first-order valence-electron chi connectivity index (χ1n) is 10.9. The van der Waals surface area contributed by atoms with Gasteiger partial charge >= 0.3 is 0 Å². The van der Waals surface area contributed by atoms with Gasteiger partial charge in [-0.05, 0) is 43.5 Å². The molecular formula is C22H31N5O3. The van der Waals surface area contributed by atoms with Crippen LogP contribution in [0, 0.1) is 0 Å². The second-order valence-corrected chi connectivity index (χ2v) is 8.03. The summed E-state index contributed by atoms with van der Waals surface area (Å²) in [6, 6.07) is 8.82. The zero-order chi connectivity index (χ0) is 20.8. The summed E-state index contributed by atoms with van der Waals surface area (Å²) in [5.41, 5.74) is 1.70. The number of nitrogens with zero attached hydrogens (tertiary/aromatic N) is 5. The van der Waals surface area contributed by atoms with Gasteiger partial charge in [-0.2, -0.15) is 0 Å². The molecule has 162 valence electrons. The molecule has 1 atom stereocenters. The maximum Gasteiger partial charge on any atom is 0.276 e. The molecule has 0 N–H and O–H groups in total. The van der Waals surface area contributed by atoms with Crippen molar-refractivity contribution < 1.29 is 14.3 Å². The van der Waals surface area contributed by atoms with E-state index in [9.17, 15) is 4.79 Å². The van der Waals surface area contributed by atoms with Gasteiger partial charge in [-0.3, -0.25) is 14.4 Å². The molecule has 3 heterocycles. The first-order valence-corrected chi connectivity index (χ1v) is 10.9. The molecule has 2 saturated heterocycles. The van der Waals surface area contributed by atoms with Gasteiger partial charge in [0.25, 0.3) is 5.91 Å². The maximum atomic E-state index is 12.6. The molecule has 0 spiro atoms. The minimum absolute atomic E-state index is 0.0538. The maximum absolute atomic E-state index is 12.6. The minimum Gasteiger partial charge on any atom is -0.497 e. The highest BCUT2D eigenvalue weighted by molar-refractivity contribution is 5.91. The number of hydrogen-bond donors (Lipinski definition) is 0. The molecule has 2 aliphatic heterocycles. The van der Waals surface area contributed by atoms with Gasteiger partial charge in [0.1, 0.15) is 5.75 Å². The molecule has 0 bridgehead atoms. The third-order valence-corrected chi connectivity index (χ3v) is 6.02. The number of piperidine rings is 1. The highest BCUT2D eigenvalue weighted by Gasteiger charge is 2.24. The third kappa shape index (κ3) is 5.17. The Morgan fingerprint density at radius 1 is 1.23 bits per heavy atom. The first-order chi connectivity index (χ1) is 14.7. The van der Waals surface area contributed by atoms with Gasteiger partial charge in [-0.25, -0.2) is 0 Å². The van der Waals surface area contributed by atoms with Gasteiger partial charge in [-0.1, -0.05) is 23.8 Å². The number of morpholine rings is 1. The van der Waals surface area contributed by atoms with Crippen LogP contribution in [0.1, 0.15) is 41.7 Å². The Morgan fingerprint density at radius 2 is 2.10 bits per heavy atom. The van der Waals surface area contributed by atoms with Crippen molar-refractivity contribution in [2.45, 2.75) is 44.8 Å². The van der Waals surface area contributed by atoms with Crippen LogP contribution in [0.3, 0.4) is 0 Å². The quantitative estimate of drug-likeness (QED) is 0.693. The van der Waals surface area contributed by atoms with E-state index in [1.54, 1.807) is 18.2 Å². The van der Waals surface area contributed by atoms with Gasteiger partial charge in [0.15, 0.2) is 5.69 Å². The third-order valence-electron chi connectivity index (χ3n) is 6.02. The van der Waals surface area contributed by atoms with E-state index in [0.29, 0.717) is 38.0 Å². The summed E-state index contributed by atoms with van der Waals surface area (Å²) in [6.07, 6.45) is 6.48. The van der Waals surface area contributed by atoms with E-state index in [0.717, 1.165) is 31.8 Å². The second-order valence-electron chi connectivity index (χ2n) is 8.03. The topological polar surface area (TPSA) is 72.7 Å². The number of carbonyl (C=O) groups is 1. The van der Waals surface area contributed by atoms with Gasteiger partial charge in [0, 0.05) is 32.2 Å². The number of aryl methyl sites for hydroxylation is 1. The molecule has 1 aromatic heterocycles. The van der Waals surface area contributed by atoms with Gasteiger partial charge in [0.2, 0.25) is 0 Å². The van der Waals surface area contributed by atoms with Crippen molar-refractivity contribution in [1.82, 2.24) is 24.8 Å². The standard InChI is InChI=1S/C22H31N5O3/c1-29-20-7-4-5-18(15-20)16-26-9-3-2-6-19(26)8-10-27-17-21(23-24-27)22(28)25-11-13-30-14-12-25/h4-5,7,15,17,19H,2-3,6,8-14,16H2,1H3. The van der Waals surface area contributed by atoms with Crippen LogP contribution in [-0.4, -0.2) is 76.7 Å². The summed E-state index contributed by atoms with van der Waals surface area (Å²) < 4.78 is 12.5. The van der Waals surface area contributed by atoms with Crippen molar-refractivity contribution in [2.75, 3.05) is 40.0 Å². The van der Waals surface area contributed by atoms with Gasteiger partial charge < -0.3 is 14.4 Å². The van der Waals surface area contributed by atoms with E-state index in [1.165, 1.54) is 24.8 Å². The number of carbonyl (C=O) groups excluding carboxylic acids is 1. The van der Waals surface area contributed by atoms with Crippen LogP contribution < -0.4 is 4.74 Å². The Morgan fingerprint density at radius 3 is 2.93 bits per heavy atom. The highest BCUT2D eigenvalue weighted by Crippen LogP contribution is 2.24. The van der Waals surface area contributed by atoms with E-state index >= 15 is 0 Å². The van der Waals surface area contributed by atoms with Crippen molar-refractivity contribution in [3.8, 4) is 5.75 Å². The Hall–Kier alpha value is -2.45. The lowest BCUT2D eigenvalue weighted by atomic mass is 9.98. The molecule has 1 aromatic carbocycles. The van der Waals surface area contributed by atoms with Crippen molar-refractivity contribution in [1.29, 1.82) is 0 Å². The van der Waals surface area contributed by atoms with E-state index in [2.05, 4.69) is 33.4 Å². The summed E-state index contributed by atoms with van der Waals surface area (Å²) in [5, 5.41) is 8.32. The number of hydrogen-bond acceptors (Lipinski definition) is 6. The zero-order valence-corrected chi connectivity index (χ0v) is 17.7. The smallest absolute Gasteiger partial charge is 0.276 e. The monoisotopic (exact) mass is 413 g/mol. The largest absolute Gasteiger partial charge is 0.497 e. The molecule has 8 heteroatoms. The van der Waals surface area contributed by atoms with Crippen LogP contribution in [0.5, 0.6) is 5.75 Å². The number of likely N-dealkylation sites (tertiary alicyclic amines) is 1. The first kappa shape index (κ1) is 20.8. The summed E-state index contributed by atoms with van der Waals surface area (Å²) >= 11 is 0. The van der Waals surface area contributed by atoms with E-state index in [4.69, 9.17) is 9.47 Å². The average Bonchev–Trinajstić information content (AvgIpc) is 3.28. The molecule has 2 aromatic rings. The van der Waals surface area contributed by atoms with Crippen molar-refractivity contribution in [3.63, 3.8) is 0 Å². The van der Waals surface area contributed by atoms with E-state index in [1.807, 2.05) is 10.7 Å². The lowest BCUT2D eigenvalue weighted by Gasteiger charge is -2.36. The molecule has 2 aliphatic rings. The predicted octanol–water partition coefficient (Wildman–Crippen LogP) is 2.20. The zero-order valence-electron chi connectivity index (χ0n) is 17.7. The average molecular weight is 414 g/mol. The molecule has 0 saturated carbocycles. The molecule has 1 amide bonds. The second kappa shape index (κ2) is 10.0. The lowest BCUT2D eigenvalue weighted by Crippen LogP contribution is -2.40. The van der Waals surface area contributed by atoms with Crippen molar-refractivity contribution >= 4 is 5.91 Å². The van der Waals surface area contributed by atoms with Gasteiger partial charge in [-0.15, -0.1) is 5.10 Å². The predicted molar refractivity (Wildman–Crippen MR) is 112 cm³/mol. The fourth-order valence-electron chi connectivity index (χ4n) is 4.32. The normalized spacial score (nSPS) is 20.3. The fraction of sp³-hybridized carbons (Fsp3) is 0.591. The van der Waals surface area contributed by atoms with Crippen LogP contribution >= 0.6 is 0 Å².